The second kappa shape index (κ2) is 10.3. The maximum atomic E-state index is 13.1. The largest absolute Gasteiger partial charge is 0.416 e. The van der Waals surface area contributed by atoms with Crippen LogP contribution in [0.3, 0.4) is 0 Å². The van der Waals surface area contributed by atoms with Crippen LogP contribution < -0.4 is 20.4 Å². The van der Waals surface area contributed by atoms with Gasteiger partial charge in [0.25, 0.3) is 11.8 Å². The summed E-state index contributed by atoms with van der Waals surface area (Å²) in [6.45, 7) is 8.67. The Kier molecular flexibility index (Phi) is 8.74. The second-order valence-electron chi connectivity index (χ2n) is 6.98. The zero-order valence-electron chi connectivity index (χ0n) is 17.0. The SMILES string of the molecule is CCN(CC)c1ccc(C(F)(F)F)cc1NC(=O)C[NH+](C)CC(=O)NC(C)C. The van der Waals surface area contributed by atoms with E-state index in [1.54, 1.807) is 7.05 Å². The Balaban J connectivity index is 2.94. The van der Waals surface area contributed by atoms with Crippen LogP contribution in [-0.4, -0.2) is 51.1 Å². The van der Waals surface area contributed by atoms with Crippen molar-refractivity contribution >= 4 is 23.2 Å². The number of quaternary nitrogens is 1. The topological polar surface area (TPSA) is 65.9 Å². The van der Waals surface area contributed by atoms with Gasteiger partial charge in [-0.15, -0.1) is 0 Å². The van der Waals surface area contributed by atoms with E-state index in [1.165, 1.54) is 6.07 Å². The summed E-state index contributed by atoms with van der Waals surface area (Å²) in [5.74, 6) is -0.647. The number of carbonyl (C=O) groups is 2. The molecule has 1 unspecified atom stereocenters. The van der Waals surface area contributed by atoms with Crippen LogP contribution in [-0.2, 0) is 15.8 Å². The summed E-state index contributed by atoms with van der Waals surface area (Å²) in [6, 6.07) is 3.33. The highest BCUT2D eigenvalue weighted by Gasteiger charge is 2.31. The third kappa shape index (κ3) is 7.38. The summed E-state index contributed by atoms with van der Waals surface area (Å²) in [5, 5.41) is 5.32. The quantitative estimate of drug-likeness (QED) is 0.586. The van der Waals surface area contributed by atoms with Gasteiger partial charge < -0.3 is 20.4 Å². The van der Waals surface area contributed by atoms with Crippen LogP contribution in [0.4, 0.5) is 24.5 Å². The molecule has 0 spiro atoms. The monoisotopic (exact) mass is 403 g/mol. The lowest BCUT2D eigenvalue weighted by Crippen LogP contribution is -3.11. The van der Waals surface area contributed by atoms with Gasteiger partial charge in [0.2, 0.25) is 0 Å². The Morgan fingerprint density at radius 3 is 2.18 bits per heavy atom. The molecule has 0 aliphatic heterocycles. The highest BCUT2D eigenvalue weighted by Crippen LogP contribution is 2.35. The molecule has 0 aliphatic rings. The third-order valence-electron chi connectivity index (χ3n) is 4.08. The number of nitrogens with zero attached hydrogens (tertiary/aromatic N) is 1. The average Bonchev–Trinajstić information content (AvgIpc) is 2.54. The molecule has 3 N–H and O–H groups in total. The van der Waals surface area contributed by atoms with E-state index in [-0.39, 0.29) is 30.7 Å². The van der Waals surface area contributed by atoms with Crippen molar-refractivity contribution in [2.24, 2.45) is 0 Å². The van der Waals surface area contributed by atoms with Gasteiger partial charge in [-0.1, -0.05) is 0 Å². The fraction of sp³-hybridized carbons (Fsp3) is 0.579. The molecule has 0 saturated carbocycles. The number of rotatable bonds is 9. The van der Waals surface area contributed by atoms with Gasteiger partial charge >= 0.3 is 6.18 Å². The zero-order chi connectivity index (χ0) is 21.5. The van der Waals surface area contributed by atoms with Crippen molar-refractivity contribution in [3.05, 3.63) is 23.8 Å². The Morgan fingerprint density at radius 2 is 1.68 bits per heavy atom. The maximum Gasteiger partial charge on any atom is 0.416 e. The minimum absolute atomic E-state index is 0.00383. The third-order valence-corrected chi connectivity index (χ3v) is 4.08. The van der Waals surface area contributed by atoms with Crippen molar-refractivity contribution in [2.45, 2.75) is 39.9 Å². The molecule has 0 radical (unpaired) electrons. The van der Waals surface area contributed by atoms with Gasteiger partial charge in [0.15, 0.2) is 13.1 Å². The summed E-state index contributed by atoms with van der Waals surface area (Å²) in [7, 11) is 1.68. The molecule has 1 atom stereocenters. The first-order chi connectivity index (χ1) is 13.0. The van der Waals surface area contributed by atoms with Crippen LogP contribution in [0.5, 0.6) is 0 Å². The average molecular weight is 403 g/mol. The van der Waals surface area contributed by atoms with E-state index in [0.29, 0.717) is 23.7 Å². The van der Waals surface area contributed by atoms with E-state index >= 15 is 0 Å². The van der Waals surface area contributed by atoms with Crippen molar-refractivity contribution < 1.29 is 27.7 Å². The number of anilines is 2. The van der Waals surface area contributed by atoms with E-state index in [4.69, 9.17) is 0 Å². The van der Waals surface area contributed by atoms with Crippen molar-refractivity contribution in [1.29, 1.82) is 0 Å². The van der Waals surface area contributed by atoms with Crippen LogP contribution in [0.2, 0.25) is 0 Å². The molecule has 6 nitrogen and oxygen atoms in total. The predicted molar refractivity (Wildman–Crippen MR) is 104 cm³/mol. The van der Waals surface area contributed by atoms with Gasteiger partial charge in [-0.25, -0.2) is 0 Å². The summed E-state index contributed by atoms with van der Waals surface area (Å²) >= 11 is 0. The van der Waals surface area contributed by atoms with E-state index < -0.39 is 17.6 Å². The lowest BCUT2D eigenvalue weighted by Gasteiger charge is -2.25. The molecule has 28 heavy (non-hydrogen) atoms. The number of nitrogens with one attached hydrogen (secondary N) is 3. The number of carbonyl (C=O) groups excluding carboxylic acids is 2. The predicted octanol–water partition coefficient (Wildman–Crippen LogP) is 1.53. The van der Waals surface area contributed by atoms with E-state index in [2.05, 4.69) is 10.6 Å². The minimum atomic E-state index is -4.50. The number of hydrogen-bond donors (Lipinski definition) is 3. The van der Waals surface area contributed by atoms with Gasteiger partial charge in [-0.05, 0) is 45.9 Å². The molecule has 158 valence electrons. The van der Waals surface area contributed by atoms with Gasteiger partial charge in [0.1, 0.15) is 0 Å². The summed E-state index contributed by atoms with van der Waals surface area (Å²) in [6.07, 6.45) is -4.50. The number of alkyl halides is 3. The molecule has 0 saturated heterocycles. The molecule has 0 aromatic heterocycles. The molecule has 0 bridgehead atoms. The molecular weight excluding hydrogens is 373 g/mol. The first-order valence-corrected chi connectivity index (χ1v) is 9.34. The minimum Gasteiger partial charge on any atom is -0.370 e. The highest BCUT2D eigenvalue weighted by atomic mass is 19.4. The van der Waals surface area contributed by atoms with Crippen molar-refractivity contribution in [3.8, 4) is 0 Å². The molecule has 9 heteroatoms. The standard InChI is InChI=1S/C19H29F3N4O2/c1-6-26(7-2)16-9-8-14(19(20,21)22)10-15(16)24-18(28)12-25(5)11-17(27)23-13(3)4/h8-10,13H,6-7,11-12H2,1-5H3,(H,23,27)(H,24,28)/p+1. The molecule has 0 fully saturated rings. The smallest absolute Gasteiger partial charge is 0.370 e. The molecule has 1 rings (SSSR count). The fourth-order valence-corrected chi connectivity index (χ4v) is 2.83. The first kappa shape index (κ1) is 23.7. The van der Waals surface area contributed by atoms with Crippen LogP contribution >= 0.6 is 0 Å². The first-order valence-electron chi connectivity index (χ1n) is 9.34. The maximum absolute atomic E-state index is 13.1. The fourth-order valence-electron chi connectivity index (χ4n) is 2.83. The normalized spacial score (nSPS) is 12.6. The molecular formula is C19H30F3N4O2+. The molecule has 2 amide bonds. The van der Waals surface area contributed by atoms with Gasteiger partial charge in [0.05, 0.1) is 24.0 Å². The van der Waals surface area contributed by atoms with Crippen molar-refractivity contribution in [1.82, 2.24) is 5.32 Å². The molecule has 1 aromatic rings. The number of hydrogen-bond acceptors (Lipinski definition) is 3. The van der Waals surface area contributed by atoms with Gasteiger partial charge in [-0.3, -0.25) is 9.59 Å². The van der Waals surface area contributed by atoms with Crippen molar-refractivity contribution in [3.63, 3.8) is 0 Å². The van der Waals surface area contributed by atoms with E-state index in [0.717, 1.165) is 12.1 Å². The molecule has 0 aliphatic carbocycles. The Morgan fingerprint density at radius 1 is 1.11 bits per heavy atom. The summed E-state index contributed by atoms with van der Waals surface area (Å²) in [4.78, 5) is 26.7. The Labute approximate surface area is 164 Å². The van der Waals surface area contributed by atoms with Crippen LogP contribution in [0.1, 0.15) is 33.3 Å². The zero-order valence-corrected chi connectivity index (χ0v) is 17.0. The lowest BCUT2D eigenvalue weighted by atomic mass is 10.1. The number of likely N-dealkylation sites (N-methyl/N-ethyl adjacent to an activating group) is 1. The lowest BCUT2D eigenvalue weighted by molar-refractivity contribution is -0.862. The highest BCUT2D eigenvalue weighted by molar-refractivity contribution is 5.95. The summed E-state index contributed by atoms with van der Waals surface area (Å²) in [5.41, 5.74) is -0.180. The second-order valence-corrected chi connectivity index (χ2v) is 6.98. The van der Waals surface area contributed by atoms with E-state index in [1.807, 2.05) is 32.6 Å². The molecule has 0 heterocycles. The molecule has 1 aromatic carbocycles. The Bertz CT molecular complexity index is 674. The van der Waals surface area contributed by atoms with Gasteiger partial charge in [-0.2, -0.15) is 13.2 Å². The van der Waals surface area contributed by atoms with Crippen LogP contribution in [0.15, 0.2) is 18.2 Å². The number of amides is 2. The van der Waals surface area contributed by atoms with Crippen molar-refractivity contribution in [2.75, 3.05) is 43.4 Å². The van der Waals surface area contributed by atoms with E-state index in [9.17, 15) is 22.8 Å². The van der Waals surface area contributed by atoms with Crippen LogP contribution in [0.25, 0.3) is 0 Å². The van der Waals surface area contributed by atoms with Gasteiger partial charge in [0, 0.05) is 19.1 Å². The summed E-state index contributed by atoms with van der Waals surface area (Å²) < 4.78 is 39.3. The Hall–Kier alpha value is -2.29. The van der Waals surface area contributed by atoms with Crippen LogP contribution in [0, 0.1) is 0 Å². The number of benzene rings is 1. The number of halogens is 3.